The molecule has 0 atom stereocenters. The zero-order valence-electron chi connectivity index (χ0n) is 20.6. The quantitative estimate of drug-likeness (QED) is 0.213. The number of oxazole rings is 1. The number of ether oxygens (including phenoxy) is 3. The summed E-state index contributed by atoms with van der Waals surface area (Å²) in [7, 11) is 0. The van der Waals surface area contributed by atoms with Crippen LogP contribution in [0.3, 0.4) is 0 Å². The second-order valence-corrected chi connectivity index (χ2v) is 9.04. The van der Waals surface area contributed by atoms with E-state index in [1.807, 2.05) is 45.0 Å². The van der Waals surface area contributed by atoms with Crippen molar-refractivity contribution in [2.24, 2.45) is 0 Å². The van der Waals surface area contributed by atoms with Crippen LogP contribution in [0, 0.1) is 0 Å². The van der Waals surface area contributed by atoms with E-state index < -0.39 is 5.91 Å². The van der Waals surface area contributed by atoms with Crippen LogP contribution < -0.4 is 24.8 Å². The van der Waals surface area contributed by atoms with Crippen molar-refractivity contribution in [1.29, 1.82) is 0 Å². The molecule has 10 heteroatoms. The predicted molar refractivity (Wildman–Crippen MR) is 151 cm³/mol. The minimum absolute atomic E-state index is 0.130. The van der Waals surface area contributed by atoms with Gasteiger partial charge in [-0.25, -0.2) is 4.98 Å². The Morgan fingerprint density at radius 2 is 1.68 bits per heavy atom. The van der Waals surface area contributed by atoms with Crippen LogP contribution >= 0.6 is 28.1 Å². The summed E-state index contributed by atoms with van der Waals surface area (Å²) in [4.78, 5) is 17.6. The van der Waals surface area contributed by atoms with Gasteiger partial charge in [-0.2, -0.15) is 0 Å². The molecule has 1 aromatic heterocycles. The summed E-state index contributed by atoms with van der Waals surface area (Å²) in [6.07, 6.45) is 0. The van der Waals surface area contributed by atoms with Gasteiger partial charge >= 0.3 is 0 Å². The van der Waals surface area contributed by atoms with E-state index in [9.17, 15) is 4.79 Å². The number of carbonyl (C=O) groups excluding carboxylic acids is 1. The van der Waals surface area contributed by atoms with Crippen LogP contribution in [0.1, 0.15) is 31.1 Å². The van der Waals surface area contributed by atoms with Gasteiger partial charge in [-0.15, -0.1) is 0 Å². The van der Waals surface area contributed by atoms with E-state index in [0.29, 0.717) is 65.3 Å². The minimum Gasteiger partial charge on any atom is -0.490 e. The summed E-state index contributed by atoms with van der Waals surface area (Å²) in [5.41, 5.74) is 3.13. The lowest BCUT2D eigenvalue weighted by Gasteiger charge is -2.17. The van der Waals surface area contributed by atoms with E-state index in [1.54, 1.807) is 30.3 Å². The molecule has 0 radical (unpaired) electrons. The third kappa shape index (κ3) is 6.39. The second-order valence-electron chi connectivity index (χ2n) is 7.72. The summed E-state index contributed by atoms with van der Waals surface area (Å²) in [6.45, 7) is 6.83. The molecule has 2 N–H and O–H groups in total. The molecule has 4 rings (SSSR count). The topological polar surface area (TPSA) is 94.9 Å². The average Bonchev–Trinajstić information content (AvgIpc) is 3.29. The lowest BCUT2D eigenvalue weighted by atomic mass is 10.1. The molecule has 0 aliphatic rings. The van der Waals surface area contributed by atoms with E-state index >= 15 is 0 Å². The maximum atomic E-state index is 13.0. The third-order valence-corrected chi connectivity index (χ3v) is 5.81. The van der Waals surface area contributed by atoms with Crippen molar-refractivity contribution in [1.82, 2.24) is 10.3 Å². The SMILES string of the molecule is CCOc1cc(C(=O)NC(=S)Nc2ccc3oc(-c4cccc(Br)c4)nc3c2)cc(OCC)c1OCC. The first-order valence-electron chi connectivity index (χ1n) is 11.8. The summed E-state index contributed by atoms with van der Waals surface area (Å²) in [5, 5.41) is 5.86. The number of anilines is 1. The number of carbonyl (C=O) groups is 1. The fourth-order valence-electron chi connectivity index (χ4n) is 3.61. The van der Waals surface area contributed by atoms with Gasteiger partial charge in [-0.3, -0.25) is 10.1 Å². The van der Waals surface area contributed by atoms with Gasteiger partial charge in [0, 0.05) is 21.3 Å². The first-order chi connectivity index (χ1) is 17.9. The maximum absolute atomic E-state index is 13.0. The van der Waals surface area contributed by atoms with Crippen molar-refractivity contribution in [3.05, 3.63) is 64.6 Å². The third-order valence-electron chi connectivity index (χ3n) is 5.12. The van der Waals surface area contributed by atoms with Crippen LogP contribution in [0.25, 0.3) is 22.6 Å². The normalized spacial score (nSPS) is 10.7. The van der Waals surface area contributed by atoms with Crippen LogP contribution in [0.15, 0.2) is 63.5 Å². The Kier molecular flexibility index (Phi) is 8.62. The number of thiocarbonyl (C=S) groups is 1. The fourth-order valence-corrected chi connectivity index (χ4v) is 4.22. The highest BCUT2D eigenvalue weighted by Gasteiger charge is 2.19. The molecular weight excluding hydrogens is 558 g/mol. The smallest absolute Gasteiger partial charge is 0.257 e. The van der Waals surface area contributed by atoms with Crippen molar-refractivity contribution in [3.63, 3.8) is 0 Å². The van der Waals surface area contributed by atoms with Gasteiger partial charge in [0.2, 0.25) is 11.6 Å². The standard InChI is InChI=1S/C27H26BrN3O5S/c1-4-33-22-13-17(14-23(34-5-2)24(22)35-6-3)25(32)31-27(37)29-19-10-11-21-20(15-19)30-26(36-21)16-8-7-9-18(28)12-16/h7-15H,4-6H2,1-3H3,(H2,29,31,32,37). The highest BCUT2D eigenvalue weighted by molar-refractivity contribution is 9.10. The average molecular weight is 584 g/mol. The number of aromatic nitrogens is 1. The molecular formula is C27H26BrN3O5S. The largest absolute Gasteiger partial charge is 0.490 e. The fraction of sp³-hybridized carbons (Fsp3) is 0.222. The molecule has 0 aliphatic carbocycles. The molecule has 8 nitrogen and oxygen atoms in total. The van der Waals surface area contributed by atoms with E-state index in [1.165, 1.54) is 0 Å². The molecule has 0 saturated heterocycles. The molecule has 37 heavy (non-hydrogen) atoms. The van der Waals surface area contributed by atoms with Gasteiger partial charge < -0.3 is 23.9 Å². The number of halogens is 1. The molecule has 0 aliphatic heterocycles. The molecule has 4 aromatic rings. The van der Waals surface area contributed by atoms with Crippen molar-refractivity contribution in [2.75, 3.05) is 25.1 Å². The van der Waals surface area contributed by atoms with Crippen molar-refractivity contribution in [2.45, 2.75) is 20.8 Å². The number of hydrogen-bond acceptors (Lipinski definition) is 7. The summed E-state index contributed by atoms with van der Waals surface area (Å²) < 4.78 is 23.9. The molecule has 0 unspecified atom stereocenters. The van der Waals surface area contributed by atoms with Crippen molar-refractivity contribution >= 4 is 56.0 Å². The lowest BCUT2D eigenvalue weighted by Crippen LogP contribution is -2.34. The number of benzene rings is 3. The highest BCUT2D eigenvalue weighted by atomic mass is 79.9. The number of nitrogens with zero attached hydrogens (tertiary/aromatic N) is 1. The molecule has 0 bridgehead atoms. The molecule has 0 saturated carbocycles. The molecule has 0 spiro atoms. The summed E-state index contributed by atoms with van der Waals surface area (Å²) >= 11 is 8.85. The molecule has 192 valence electrons. The molecule has 1 heterocycles. The number of hydrogen-bond donors (Lipinski definition) is 2. The van der Waals surface area contributed by atoms with Crippen molar-refractivity contribution < 1.29 is 23.4 Å². The maximum Gasteiger partial charge on any atom is 0.257 e. The van der Waals surface area contributed by atoms with Gasteiger partial charge in [0.25, 0.3) is 5.91 Å². The van der Waals surface area contributed by atoms with Gasteiger partial charge in [0.05, 0.1) is 19.8 Å². The van der Waals surface area contributed by atoms with Gasteiger partial charge in [0.15, 0.2) is 22.2 Å². The van der Waals surface area contributed by atoms with Crippen molar-refractivity contribution in [3.8, 4) is 28.7 Å². The first kappa shape index (κ1) is 26.4. The van der Waals surface area contributed by atoms with E-state index in [0.717, 1.165) is 10.0 Å². The molecule has 0 fully saturated rings. The zero-order valence-corrected chi connectivity index (χ0v) is 23.0. The zero-order chi connectivity index (χ0) is 26.4. The Balaban J connectivity index is 1.50. The Morgan fingerprint density at radius 1 is 0.973 bits per heavy atom. The van der Waals surface area contributed by atoms with Crippen LogP contribution in [0.5, 0.6) is 17.2 Å². The predicted octanol–water partition coefficient (Wildman–Crippen LogP) is 6.58. The summed E-state index contributed by atoms with van der Waals surface area (Å²) in [6, 6.07) is 16.3. The van der Waals surface area contributed by atoms with Gasteiger partial charge in [-0.1, -0.05) is 22.0 Å². The summed E-state index contributed by atoms with van der Waals surface area (Å²) in [5.74, 6) is 1.41. The van der Waals surface area contributed by atoms with Crippen LogP contribution in [0.4, 0.5) is 5.69 Å². The minimum atomic E-state index is -0.415. The number of amides is 1. The number of nitrogens with one attached hydrogen (secondary N) is 2. The molecule has 1 amide bonds. The Morgan fingerprint density at radius 3 is 2.32 bits per heavy atom. The monoisotopic (exact) mass is 583 g/mol. The molecule has 3 aromatic carbocycles. The highest BCUT2D eigenvalue weighted by Crippen LogP contribution is 2.39. The van der Waals surface area contributed by atoms with Gasteiger partial charge in [-0.05, 0) is 81.5 Å². The number of rotatable bonds is 9. The lowest BCUT2D eigenvalue weighted by molar-refractivity contribution is 0.0976. The van der Waals surface area contributed by atoms with Crippen LogP contribution in [-0.4, -0.2) is 35.8 Å². The first-order valence-corrected chi connectivity index (χ1v) is 13.0. The number of fused-ring (bicyclic) bond motifs is 1. The van der Waals surface area contributed by atoms with Crippen LogP contribution in [-0.2, 0) is 0 Å². The Bertz CT molecular complexity index is 1410. The second kappa shape index (κ2) is 12.1. The van der Waals surface area contributed by atoms with E-state index in [-0.39, 0.29) is 5.11 Å². The van der Waals surface area contributed by atoms with Crippen LogP contribution in [0.2, 0.25) is 0 Å². The Hall–Kier alpha value is -3.63. The Labute approximate surface area is 228 Å². The van der Waals surface area contributed by atoms with E-state index in [2.05, 4.69) is 31.5 Å². The van der Waals surface area contributed by atoms with Gasteiger partial charge in [0.1, 0.15) is 5.52 Å². The van der Waals surface area contributed by atoms with E-state index in [4.69, 9.17) is 30.8 Å².